The summed E-state index contributed by atoms with van der Waals surface area (Å²) in [5.74, 6) is -8.22. The molecular weight excluding hydrogens is 1320 g/mol. The zero-order chi connectivity index (χ0) is 72.5. The van der Waals surface area contributed by atoms with Crippen molar-refractivity contribution in [2.24, 2.45) is 0 Å². The largest absolute Gasteiger partial charge is 0.480 e. The predicted molar refractivity (Wildman–Crippen MR) is 371 cm³/mol. The summed E-state index contributed by atoms with van der Waals surface area (Å²) in [5.41, 5.74) is 2.69. The number of urea groups is 1. The van der Waals surface area contributed by atoms with Gasteiger partial charge in [0.2, 0.25) is 11.8 Å². The van der Waals surface area contributed by atoms with Gasteiger partial charge in [0.15, 0.2) is 0 Å². The Labute approximate surface area is 587 Å². The van der Waals surface area contributed by atoms with Gasteiger partial charge < -0.3 is 67.0 Å². The molecule has 4 aliphatic rings. The van der Waals surface area contributed by atoms with Gasteiger partial charge in [-0.15, -0.1) is 0 Å². The minimum Gasteiger partial charge on any atom is -0.480 e. The van der Waals surface area contributed by atoms with Crippen LogP contribution in [0.1, 0.15) is 81.8 Å². The van der Waals surface area contributed by atoms with Gasteiger partial charge in [0.05, 0.1) is 64.4 Å². The molecule has 4 fully saturated rings. The number of aliphatic carboxylic acids is 8. The van der Waals surface area contributed by atoms with Gasteiger partial charge in [0, 0.05) is 139 Å². The molecule has 5 unspecified atom stereocenters. The topological polar surface area (TPSA) is 427 Å². The van der Waals surface area contributed by atoms with Crippen LogP contribution in [-0.4, -0.2) is 349 Å². The number of carboxylic acids is 8. The number of amides is 4. The number of fused-ring (bicyclic) bond motifs is 1. The molecule has 4 saturated heterocycles. The van der Waals surface area contributed by atoms with Gasteiger partial charge in [0.1, 0.15) is 0 Å². The first kappa shape index (κ1) is 81.4. The summed E-state index contributed by atoms with van der Waals surface area (Å²) in [7, 11) is 0. The number of nitrogens with zero attached hydrogens (tertiary/aromatic N) is 9. The third kappa shape index (κ3) is 31.9. The van der Waals surface area contributed by atoms with Gasteiger partial charge in [-0.1, -0.05) is 43.5 Å². The number of hydrogen-bond acceptors (Lipinski definition) is 21. The van der Waals surface area contributed by atoms with E-state index < -0.39 is 72.9 Å². The number of anilines is 2. The zero-order valence-electron chi connectivity index (χ0n) is 57.1. The third-order valence-corrected chi connectivity index (χ3v) is 20.0. The summed E-state index contributed by atoms with van der Waals surface area (Å²) in [6.45, 7) is 1.97. The second kappa shape index (κ2) is 43.3. The van der Waals surface area contributed by atoms with Crippen molar-refractivity contribution in [3.8, 4) is 0 Å². The van der Waals surface area contributed by atoms with Crippen LogP contribution in [-0.2, 0) is 60.8 Å². The predicted octanol–water partition coefficient (Wildman–Crippen LogP) is 0.964. The first-order valence-electron chi connectivity index (χ1n) is 34.6. The minimum absolute atomic E-state index is 0.112. The molecule has 2 aromatic carbocycles. The number of carbonyl (C=O) groups excluding carboxylic acids is 3. The normalized spacial score (nSPS) is 21.1. The van der Waals surface area contributed by atoms with Gasteiger partial charge in [-0.3, -0.25) is 87.1 Å². The average molecular weight is 1430 g/mol. The number of hydrogen-bond donors (Lipinski definition) is 12. The Morgan fingerprint density at radius 3 is 1.10 bits per heavy atom. The standard InChI is InChI=1S/C67H103N13O19S/c81-56(68-50-16-12-48(13-17-50)35-52-37-77(43-62(91)92)29-27-73(39-58(83)84)23-25-75(41-60(87)88)31-33-79(52)45-64(95)96)10-3-1-6-20-72(22-8-5-9-55-66-54(47-100-55)70-67(99)71-66)21-7-2-4-11-57(82)69-51-18-14-49(15-19-51)36-53-38-78(44-63(93)94)30-28-74(40-59(85)86)24-26-76(42-61(89)90)32-34-80(53)46-65(97)98/h12-19,52-55,66H,1-11,20-47H2,(H,68,81)(H,69,82)(H,83,84)(H,85,86)(H,87,88)(H,89,90)(H,91,92)(H,93,94)(H,95,96)(H,97,98)(H2,70,71,99). The van der Waals surface area contributed by atoms with Crippen LogP contribution in [0.3, 0.4) is 0 Å². The average Bonchev–Trinajstić information content (AvgIpc) is 1.63. The quantitative estimate of drug-likeness (QED) is 0.0328. The van der Waals surface area contributed by atoms with Crippen molar-refractivity contribution in [3.05, 3.63) is 59.7 Å². The van der Waals surface area contributed by atoms with E-state index in [9.17, 15) is 93.6 Å². The lowest BCUT2D eigenvalue weighted by molar-refractivity contribution is -0.142. The molecule has 0 aromatic heterocycles. The highest BCUT2D eigenvalue weighted by atomic mass is 32.2. The van der Waals surface area contributed by atoms with Crippen molar-refractivity contribution < 1.29 is 93.6 Å². The number of benzene rings is 2. The number of carbonyl (C=O) groups is 11. The van der Waals surface area contributed by atoms with E-state index in [0.717, 1.165) is 81.5 Å². The van der Waals surface area contributed by atoms with E-state index in [2.05, 4.69) is 26.2 Å². The molecule has 0 saturated carbocycles. The molecular formula is C67H103N13O19S. The van der Waals surface area contributed by atoms with Crippen molar-refractivity contribution in [3.63, 3.8) is 0 Å². The molecule has 32 nitrogen and oxygen atoms in total. The Kier molecular flexibility index (Phi) is 35.2. The van der Waals surface area contributed by atoms with E-state index in [1.807, 2.05) is 36.0 Å². The van der Waals surface area contributed by atoms with Crippen molar-refractivity contribution >= 4 is 88.7 Å². The van der Waals surface area contributed by atoms with E-state index in [-0.39, 0.29) is 187 Å². The van der Waals surface area contributed by atoms with Crippen LogP contribution < -0.4 is 21.3 Å². The Bertz CT molecular complexity index is 2820. The number of rotatable bonds is 39. The lowest BCUT2D eigenvalue weighted by atomic mass is 10.0. The first-order chi connectivity index (χ1) is 47.8. The molecule has 100 heavy (non-hydrogen) atoms. The maximum atomic E-state index is 13.3. The summed E-state index contributed by atoms with van der Waals surface area (Å²) in [5, 5.41) is 90.6. The van der Waals surface area contributed by atoms with Crippen molar-refractivity contribution in [2.45, 2.75) is 113 Å². The highest BCUT2D eigenvalue weighted by Gasteiger charge is 2.42. The molecule has 4 aliphatic heterocycles. The molecule has 0 aliphatic carbocycles. The minimum atomic E-state index is -1.11. The van der Waals surface area contributed by atoms with E-state index in [4.69, 9.17) is 0 Å². The van der Waals surface area contributed by atoms with E-state index >= 15 is 0 Å². The second-order valence-corrected chi connectivity index (χ2v) is 27.7. The summed E-state index contributed by atoms with van der Waals surface area (Å²) >= 11 is 1.89. The molecule has 0 spiro atoms. The lowest BCUT2D eigenvalue weighted by Gasteiger charge is -2.37. The van der Waals surface area contributed by atoms with Crippen LogP contribution in [0.5, 0.6) is 0 Å². The molecule has 4 amide bonds. The number of carboxylic acid groups (broad SMARTS) is 8. The Balaban J connectivity index is 0.993. The molecule has 6 rings (SSSR count). The molecule has 556 valence electrons. The number of unbranched alkanes of at least 4 members (excludes halogenated alkanes) is 5. The maximum Gasteiger partial charge on any atom is 0.317 e. The van der Waals surface area contributed by atoms with Crippen LogP contribution in [0.4, 0.5) is 16.2 Å². The highest BCUT2D eigenvalue weighted by Crippen LogP contribution is 2.33. The van der Waals surface area contributed by atoms with Gasteiger partial charge in [0.25, 0.3) is 0 Å². The van der Waals surface area contributed by atoms with E-state index in [0.29, 0.717) is 29.5 Å². The first-order valence-corrected chi connectivity index (χ1v) is 35.6. The number of nitrogens with one attached hydrogen (secondary N) is 4. The maximum absolute atomic E-state index is 13.3. The molecule has 33 heteroatoms. The molecule has 5 atom stereocenters. The van der Waals surface area contributed by atoms with Crippen LogP contribution in [0.2, 0.25) is 0 Å². The van der Waals surface area contributed by atoms with Crippen molar-refractivity contribution in [1.82, 2.24) is 54.7 Å². The van der Waals surface area contributed by atoms with Gasteiger partial charge >= 0.3 is 53.8 Å². The molecule has 4 heterocycles. The van der Waals surface area contributed by atoms with E-state index in [1.165, 1.54) is 0 Å². The lowest BCUT2D eigenvalue weighted by Crippen LogP contribution is -2.53. The van der Waals surface area contributed by atoms with Crippen LogP contribution in [0.25, 0.3) is 0 Å². The fourth-order valence-corrected chi connectivity index (χ4v) is 14.9. The Morgan fingerprint density at radius 1 is 0.410 bits per heavy atom. The van der Waals surface area contributed by atoms with Crippen LogP contribution >= 0.6 is 11.8 Å². The van der Waals surface area contributed by atoms with Crippen molar-refractivity contribution in [1.29, 1.82) is 0 Å². The van der Waals surface area contributed by atoms with Crippen LogP contribution in [0.15, 0.2) is 48.5 Å². The second-order valence-electron chi connectivity index (χ2n) is 26.5. The molecule has 0 radical (unpaired) electrons. The Hall–Kier alpha value is -7.60. The van der Waals surface area contributed by atoms with Gasteiger partial charge in [-0.25, -0.2) is 4.79 Å². The summed E-state index contributed by atoms with van der Waals surface area (Å²) in [6.07, 6.45) is 8.72. The van der Waals surface area contributed by atoms with Crippen molar-refractivity contribution in [2.75, 3.05) is 180 Å². The number of thioether (sulfide) groups is 1. The summed E-state index contributed by atoms with van der Waals surface area (Å²) in [6, 6.07) is 13.4. The Morgan fingerprint density at radius 2 is 0.740 bits per heavy atom. The molecule has 12 N–H and O–H groups in total. The molecule has 0 bridgehead atoms. The monoisotopic (exact) mass is 1430 g/mol. The SMILES string of the molecule is O=C(O)CN1CCN(CC(=O)O)CCN(CC(=O)O)C(Cc2ccc(NC(=O)CCCCCN(CCCCCC(=O)Nc3ccc(CC4CN(CC(=O)O)CCN(CC(=O)O)CCN(CC(=O)O)CCN4CC(=O)O)cc3)CCCCC3SCC4NC(=O)NC43)cc2)CN(CC(=O)O)CC1. The van der Waals surface area contributed by atoms with Gasteiger partial charge in [-0.2, -0.15) is 11.8 Å². The zero-order valence-corrected chi connectivity index (χ0v) is 57.9. The molecule has 2 aromatic rings. The third-order valence-electron chi connectivity index (χ3n) is 18.5. The fourth-order valence-electron chi connectivity index (χ4n) is 13.4. The fraction of sp³-hybridized carbons (Fsp3) is 0.657. The van der Waals surface area contributed by atoms with E-state index in [1.54, 1.807) is 63.5 Å². The summed E-state index contributed by atoms with van der Waals surface area (Å²) in [4.78, 5) is 150. The van der Waals surface area contributed by atoms with Crippen LogP contribution in [0, 0.1) is 0 Å². The summed E-state index contributed by atoms with van der Waals surface area (Å²) < 4.78 is 0. The van der Waals surface area contributed by atoms with Gasteiger partial charge in [-0.05, 0) is 106 Å². The highest BCUT2D eigenvalue weighted by molar-refractivity contribution is 8.00. The smallest absolute Gasteiger partial charge is 0.317 e.